The van der Waals surface area contributed by atoms with Gasteiger partial charge in [-0.1, -0.05) is 72.8 Å². The van der Waals surface area contributed by atoms with Crippen molar-refractivity contribution >= 4 is 22.8 Å². The largest absolute Gasteiger partial charge is 0.481 e. The van der Waals surface area contributed by atoms with E-state index in [1.807, 2.05) is 66.7 Å². The summed E-state index contributed by atoms with van der Waals surface area (Å²) in [7, 11) is 0. The fourth-order valence-electron chi connectivity index (χ4n) is 2.73. The second-order valence-corrected chi connectivity index (χ2v) is 5.94. The Morgan fingerprint density at radius 2 is 1.62 bits per heavy atom. The van der Waals surface area contributed by atoms with Crippen molar-refractivity contribution < 1.29 is 19.4 Å². The molecule has 0 spiro atoms. The lowest BCUT2D eigenvalue weighted by atomic mass is 9.96. The molecule has 3 rings (SSSR count). The minimum Gasteiger partial charge on any atom is -0.481 e. The maximum Gasteiger partial charge on any atom is 0.407 e. The van der Waals surface area contributed by atoms with Crippen molar-refractivity contribution in [3.8, 4) is 0 Å². The quantitative estimate of drug-likeness (QED) is 0.707. The molecule has 0 aliphatic heterocycles. The molecule has 0 bridgehead atoms. The van der Waals surface area contributed by atoms with E-state index in [1.54, 1.807) is 6.07 Å². The first-order chi connectivity index (χ1) is 12.6. The third-order valence-electron chi connectivity index (χ3n) is 4.14. The summed E-state index contributed by atoms with van der Waals surface area (Å²) >= 11 is 0. The van der Waals surface area contributed by atoms with Crippen LogP contribution in [0.3, 0.4) is 0 Å². The molecule has 0 aliphatic rings. The SMILES string of the molecule is O=C(NCC(C(=O)O)c1ccc2ccccc2c1)OCc1ccccc1. The number of alkyl carbamates (subject to hydrolysis) is 1. The number of carboxylic acids is 1. The van der Waals surface area contributed by atoms with Crippen LogP contribution in [-0.2, 0) is 16.1 Å². The average Bonchev–Trinajstić information content (AvgIpc) is 2.67. The van der Waals surface area contributed by atoms with Crippen molar-refractivity contribution in [2.75, 3.05) is 6.54 Å². The summed E-state index contributed by atoms with van der Waals surface area (Å²) in [4.78, 5) is 23.5. The standard InChI is InChI=1S/C21H19NO4/c23-20(24)19(18-11-10-16-8-4-5-9-17(16)12-18)13-22-21(25)26-14-15-6-2-1-3-7-15/h1-12,19H,13-14H2,(H,22,25)(H,23,24). The molecule has 0 radical (unpaired) electrons. The zero-order valence-corrected chi connectivity index (χ0v) is 14.1. The highest BCUT2D eigenvalue weighted by Gasteiger charge is 2.21. The van der Waals surface area contributed by atoms with Gasteiger partial charge in [-0.25, -0.2) is 4.79 Å². The summed E-state index contributed by atoms with van der Waals surface area (Å²) in [5.74, 6) is -1.84. The van der Waals surface area contributed by atoms with E-state index < -0.39 is 18.0 Å². The summed E-state index contributed by atoms with van der Waals surface area (Å²) < 4.78 is 5.12. The number of aliphatic carboxylic acids is 1. The Morgan fingerprint density at radius 3 is 2.35 bits per heavy atom. The van der Waals surface area contributed by atoms with Gasteiger partial charge >= 0.3 is 12.1 Å². The Balaban J connectivity index is 1.62. The van der Waals surface area contributed by atoms with Crippen molar-refractivity contribution in [2.24, 2.45) is 0 Å². The molecule has 1 amide bonds. The summed E-state index contributed by atoms with van der Waals surface area (Å²) in [6.07, 6.45) is -0.638. The van der Waals surface area contributed by atoms with Gasteiger partial charge in [0.05, 0.1) is 5.92 Å². The van der Waals surface area contributed by atoms with E-state index in [4.69, 9.17) is 4.74 Å². The Morgan fingerprint density at radius 1 is 0.923 bits per heavy atom. The fourth-order valence-corrected chi connectivity index (χ4v) is 2.73. The molecule has 5 heteroatoms. The molecular formula is C21H19NO4. The predicted octanol–water partition coefficient (Wildman–Crippen LogP) is 3.93. The number of carbonyl (C=O) groups is 2. The molecule has 0 saturated carbocycles. The number of benzene rings is 3. The monoisotopic (exact) mass is 349 g/mol. The normalized spacial score (nSPS) is 11.7. The minimum atomic E-state index is -0.997. The number of rotatable bonds is 6. The van der Waals surface area contributed by atoms with Gasteiger partial charge < -0.3 is 15.2 Å². The second kappa shape index (κ2) is 8.16. The van der Waals surface area contributed by atoms with E-state index >= 15 is 0 Å². The molecule has 26 heavy (non-hydrogen) atoms. The number of hydrogen-bond donors (Lipinski definition) is 2. The summed E-state index contributed by atoms with van der Waals surface area (Å²) in [6.45, 7) is 0.0989. The molecule has 2 N–H and O–H groups in total. The lowest BCUT2D eigenvalue weighted by Gasteiger charge is -2.15. The molecule has 0 aliphatic carbocycles. The third-order valence-corrected chi connectivity index (χ3v) is 4.14. The van der Waals surface area contributed by atoms with Crippen molar-refractivity contribution in [3.63, 3.8) is 0 Å². The van der Waals surface area contributed by atoms with E-state index in [2.05, 4.69) is 5.32 Å². The first-order valence-electron chi connectivity index (χ1n) is 8.29. The van der Waals surface area contributed by atoms with Gasteiger partial charge in [0, 0.05) is 6.54 Å². The Bertz CT molecular complexity index is 908. The van der Waals surface area contributed by atoms with Crippen LogP contribution in [0.25, 0.3) is 10.8 Å². The molecule has 0 fully saturated rings. The van der Waals surface area contributed by atoms with Crippen LogP contribution in [0.5, 0.6) is 0 Å². The van der Waals surface area contributed by atoms with Crippen molar-refractivity contribution in [1.29, 1.82) is 0 Å². The van der Waals surface area contributed by atoms with E-state index in [-0.39, 0.29) is 13.2 Å². The Labute approximate surface area is 151 Å². The number of ether oxygens (including phenoxy) is 1. The molecule has 5 nitrogen and oxygen atoms in total. The van der Waals surface area contributed by atoms with E-state index in [0.717, 1.165) is 16.3 Å². The molecule has 0 saturated heterocycles. The van der Waals surface area contributed by atoms with Gasteiger partial charge in [0.1, 0.15) is 6.61 Å². The zero-order valence-electron chi connectivity index (χ0n) is 14.1. The van der Waals surface area contributed by atoms with Crippen LogP contribution in [-0.4, -0.2) is 23.7 Å². The molecule has 1 atom stereocenters. The Kier molecular flexibility index (Phi) is 5.49. The molecule has 3 aromatic rings. The Hall–Kier alpha value is -3.34. The van der Waals surface area contributed by atoms with E-state index in [0.29, 0.717) is 5.56 Å². The van der Waals surface area contributed by atoms with Crippen LogP contribution in [0, 0.1) is 0 Å². The molecule has 1 unspecified atom stereocenters. The molecule has 0 aromatic heterocycles. The predicted molar refractivity (Wildman–Crippen MR) is 99.0 cm³/mol. The fraction of sp³-hybridized carbons (Fsp3) is 0.143. The highest BCUT2D eigenvalue weighted by molar-refractivity contribution is 5.85. The van der Waals surface area contributed by atoms with Crippen LogP contribution >= 0.6 is 0 Å². The molecule has 3 aromatic carbocycles. The maximum atomic E-state index is 11.9. The topological polar surface area (TPSA) is 75.6 Å². The van der Waals surface area contributed by atoms with E-state index in [1.165, 1.54) is 0 Å². The average molecular weight is 349 g/mol. The van der Waals surface area contributed by atoms with Gasteiger partial charge in [-0.3, -0.25) is 4.79 Å². The number of fused-ring (bicyclic) bond motifs is 1. The zero-order chi connectivity index (χ0) is 18.4. The van der Waals surface area contributed by atoms with Gasteiger partial charge in [0.2, 0.25) is 0 Å². The minimum absolute atomic E-state index is 0.0404. The van der Waals surface area contributed by atoms with Gasteiger partial charge in [-0.2, -0.15) is 0 Å². The van der Waals surface area contributed by atoms with Crippen molar-refractivity contribution in [2.45, 2.75) is 12.5 Å². The summed E-state index contributed by atoms with van der Waals surface area (Å²) in [5.41, 5.74) is 1.51. The van der Waals surface area contributed by atoms with Gasteiger partial charge in [-0.05, 0) is 21.9 Å². The van der Waals surface area contributed by atoms with Crippen LogP contribution in [0.1, 0.15) is 17.0 Å². The van der Waals surface area contributed by atoms with Crippen LogP contribution in [0.2, 0.25) is 0 Å². The number of nitrogens with one attached hydrogen (secondary N) is 1. The highest BCUT2D eigenvalue weighted by Crippen LogP contribution is 2.22. The third kappa shape index (κ3) is 4.39. The number of hydrogen-bond acceptors (Lipinski definition) is 3. The van der Waals surface area contributed by atoms with E-state index in [9.17, 15) is 14.7 Å². The number of amides is 1. The molecule has 132 valence electrons. The first kappa shape index (κ1) is 17.5. The highest BCUT2D eigenvalue weighted by atomic mass is 16.5. The van der Waals surface area contributed by atoms with Crippen LogP contribution in [0.15, 0.2) is 72.8 Å². The maximum absolute atomic E-state index is 11.9. The number of carbonyl (C=O) groups excluding carboxylic acids is 1. The summed E-state index contributed by atoms with van der Waals surface area (Å²) in [6, 6.07) is 22.5. The van der Waals surface area contributed by atoms with Crippen molar-refractivity contribution in [1.82, 2.24) is 5.32 Å². The lowest BCUT2D eigenvalue weighted by Crippen LogP contribution is -2.32. The van der Waals surface area contributed by atoms with Gasteiger partial charge in [0.15, 0.2) is 0 Å². The van der Waals surface area contributed by atoms with Crippen molar-refractivity contribution in [3.05, 3.63) is 83.9 Å². The van der Waals surface area contributed by atoms with Gasteiger partial charge in [0.25, 0.3) is 0 Å². The summed E-state index contributed by atoms with van der Waals surface area (Å²) in [5, 5.41) is 14.1. The van der Waals surface area contributed by atoms with Crippen LogP contribution < -0.4 is 5.32 Å². The molecule has 0 heterocycles. The number of carboxylic acid groups (broad SMARTS) is 1. The first-order valence-corrected chi connectivity index (χ1v) is 8.29. The van der Waals surface area contributed by atoms with Gasteiger partial charge in [-0.15, -0.1) is 0 Å². The smallest absolute Gasteiger partial charge is 0.407 e. The molecular weight excluding hydrogens is 330 g/mol. The lowest BCUT2D eigenvalue weighted by molar-refractivity contribution is -0.138. The van der Waals surface area contributed by atoms with Crippen LogP contribution in [0.4, 0.5) is 4.79 Å². The second-order valence-electron chi connectivity index (χ2n) is 5.94.